The number of fused-ring (bicyclic) bond motifs is 1. The van der Waals surface area contributed by atoms with Crippen molar-refractivity contribution >= 4 is 28.2 Å². The highest BCUT2D eigenvalue weighted by Crippen LogP contribution is 2.24. The Balaban J connectivity index is 1.59. The molecule has 1 N–H and O–H groups in total. The molecule has 0 aliphatic carbocycles. The van der Waals surface area contributed by atoms with E-state index in [0.717, 1.165) is 0 Å². The molecule has 0 radical (unpaired) electrons. The van der Waals surface area contributed by atoms with Crippen LogP contribution in [0.2, 0.25) is 0 Å². The van der Waals surface area contributed by atoms with Crippen molar-refractivity contribution in [3.8, 4) is 11.5 Å². The fourth-order valence-electron chi connectivity index (χ4n) is 3.10. The number of anilines is 1. The Bertz CT molecular complexity index is 1340. The molecule has 4 rings (SSSR count). The van der Waals surface area contributed by atoms with E-state index in [0.29, 0.717) is 27.7 Å². The summed E-state index contributed by atoms with van der Waals surface area (Å²) < 4.78 is 5.30. The summed E-state index contributed by atoms with van der Waals surface area (Å²) in [5.41, 5.74) is 1.50. The number of nitrogens with one attached hydrogen (secondary N) is 1. The number of para-hydroxylation sites is 1. The van der Waals surface area contributed by atoms with E-state index in [1.54, 1.807) is 48.5 Å². The number of benzene rings is 3. The van der Waals surface area contributed by atoms with Crippen LogP contribution in [0.15, 0.2) is 75.9 Å². The second-order valence-corrected chi connectivity index (χ2v) is 6.56. The highest BCUT2D eigenvalue weighted by Gasteiger charge is 2.18. The zero-order valence-electron chi connectivity index (χ0n) is 15.8. The molecule has 0 fully saturated rings. The number of rotatable bonds is 4. The third kappa shape index (κ3) is 3.53. The molecule has 0 aliphatic rings. The monoisotopic (exact) mass is 401 g/mol. The Morgan fingerprint density at radius 3 is 2.50 bits per heavy atom. The van der Waals surface area contributed by atoms with Crippen molar-refractivity contribution in [1.82, 2.24) is 4.98 Å². The van der Waals surface area contributed by atoms with Gasteiger partial charge in [0.1, 0.15) is 0 Å². The predicted molar refractivity (Wildman–Crippen MR) is 112 cm³/mol. The third-order valence-electron chi connectivity index (χ3n) is 4.67. The molecule has 8 nitrogen and oxygen atoms in total. The number of hydrogen-bond donors (Lipinski definition) is 1. The molecule has 0 saturated heterocycles. The Kier molecular flexibility index (Phi) is 4.81. The van der Waals surface area contributed by atoms with Gasteiger partial charge in [-0.2, -0.15) is 0 Å². The van der Waals surface area contributed by atoms with Crippen LogP contribution in [0.5, 0.6) is 0 Å². The molecule has 0 bridgehead atoms. The predicted octanol–water partition coefficient (Wildman–Crippen LogP) is 4.32. The molecule has 8 heteroatoms. The van der Waals surface area contributed by atoms with Gasteiger partial charge in [-0.1, -0.05) is 18.2 Å². The van der Waals surface area contributed by atoms with Crippen molar-refractivity contribution < 1.29 is 14.1 Å². The Morgan fingerprint density at radius 1 is 1.03 bits per heavy atom. The van der Waals surface area contributed by atoms with E-state index in [2.05, 4.69) is 10.3 Å². The SMILES string of the molecule is Cc1c(C(=O)Nc2ccc(-c3nc4ccccc4c(=O)o3)cc2)cccc1[N+](=O)[O-]. The van der Waals surface area contributed by atoms with Crippen molar-refractivity contribution in [2.45, 2.75) is 6.92 Å². The Labute approximate surface area is 170 Å². The number of hydrogen-bond acceptors (Lipinski definition) is 6. The number of carbonyl (C=O) groups is 1. The molecule has 4 aromatic rings. The van der Waals surface area contributed by atoms with E-state index < -0.39 is 16.5 Å². The maximum atomic E-state index is 12.5. The average Bonchev–Trinajstić information content (AvgIpc) is 2.74. The zero-order chi connectivity index (χ0) is 21.3. The van der Waals surface area contributed by atoms with Crippen molar-refractivity contribution in [1.29, 1.82) is 0 Å². The lowest BCUT2D eigenvalue weighted by molar-refractivity contribution is -0.385. The normalized spacial score (nSPS) is 10.7. The lowest BCUT2D eigenvalue weighted by Crippen LogP contribution is -2.14. The van der Waals surface area contributed by atoms with Crippen LogP contribution in [0, 0.1) is 17.0 Å². The Morgan fingerprint density at radius 2 is 1.77 bits per heavy atom. The van der Waals surface area contributed by atoms with Gasteiger partial charge in [0.15, 0.2) is 0 Å². The van der Waals surface area contributed by atoms with Crippen molar-refractivity contribution in [3.05, 3.63) is 98.4 Å². The van der Waals surface area contributed by atoms with Gasteiger partial charge in [0.25, 0.3) is 11.6 Å². The van der Waals surface area contributed by atoms with Gasteiger partial charge in [0.05, 0.1) is 15.8 Å². The second-order valence-electron chi connectivity index (χ2n) is 6.56. The molecule has 30 heavy (non-hydrogen) atoms. The molecule has 1 amide bonds. The molecule has 0 aliphatic heterocycles. The standard InChI is InChI=1S/C22H15N3O5/c1-13-16(6-4-8-19(13)25(28)29)20(26)23-15-11-9-14(10-12-15)21-24-18-7-3-2-5-17(18)22(27)30-21/h2-12H,1H3,(H,23,26). The van der Waals surface area contributed by atoms with Crippen LogP contribution in [0.1, 0.15) is 15.9 Å². The van der Waals surface area contributed by atoms with Crippen LogP contribution in [0.25, 0.3) is 22.4 Å². The van der Waals surface area contributed by atoms with Gasteiger partial charge in [-0.25, -0.2) is 9.78 Å². The van der Waals surface area contributed by atoms with E-state index in [9.17, 15) is 19.7 Å². The largest absolute Gasteiger partial charge is 0.403 e. The number of nitrogens with zero attached hydrogens (tertiary/aromatic N) is 2. The van der Waals surface area contributed by atoms with E-state index in [1.165, 1.54) is 25.1 Å². The summed E-state index contributed by atoms with van der Waals surface area (Å²) in [6.45, 7) is 1.53. The minimum atomic E-state index is -0.523. The number of nitro groups is 1. The number of amides is 1. The topological polar surface area (TPSA) is 115 Å². The van der Waals surface area contributed by atoms with Gasteiger partial charge in [-0.05, 0) is 49.4 Å². The lowest BCUT2D eigenvalue weighted by Gasteiger charge is -2.08. The number of carbonyl (C=O) groups excluding carboxylic acids is 1. The minimum Gasteiger partial charge on any atom is -0.403 e. The van der Waals surface area contributed by atoms with Crippen molar-refractivity contribution in [2.75, 3.05) is 5.32 Å². The summed E-state index contributed by atoms with van der Waals surface area (Å²) in [4.78, 5) is 39.6. The fraction of sp³-hybridized carbons (Fsp3) is 0.0455. The molecule has 0 unspecified atom stereocenters. The summed E-state index contributed by atoms with van der Waals surface area (Å²) in [6, 6.07) is 17.8. The molecule has 3 aromatic carbocycles. The smallest absolute Gasteiger partial charge is 0.347 e. The fourth-order valence-corrected chi connectivity index (χ4v) is 3.10. The van der Waals surface area contributed by atoms with Crippen LogP contribution in [0.4, 0.5) is 11.4 Å². The van der Waals surface area contributed by atoms with Crippen LogP contribution >= 0.6 is 0 Å². The van der Waals surface area contributed by atoms with E-state index in [-0.39, 0.29) is 17.1 Å². The summed E-state index contributed by atoms with van der Waals surface area (Å²) in [6.07, 6.45) is 0. The van der Waals surface area contributed by atoms with E-state index >= 15 is 0 Å². The average molecular weight is 401 g/mol. The number of nitro benzene ring substituents is 1. The highest BCUT2D eigenvalue weighted by molar-refractivity contribution is 6.05. The molecule has 0 atom stereocenters. The Hall–Kier alpha value is -4.33. The second kappa shape index (κ2) is 7.59. The van der Waals surface area contributed by atoms with Crippen LogP contribution in [0.3, 0.4) is 0 Å². The zero-order valence-corrected chi connectivity index (χ0v) is 15.8. The highest BCUT2D eigenvalue weighted by atomic mass is 16.6. The van der Waals surface area contributed by atoms with E-state index in [4.69, 9.17) is 4.42 Å². The molecule has 1 heterocycles. The molecule has 0 saturated carbocycles. The maximum Gasteiger partial charge on any atom is 0.347 e. The lowest BCUT2D eigenvalue weighted by atomic mass is 10.1. The third-order valence-corrected chi connectivity index (χ3v) is 4.67. The summed E-state index contributed by atoms with van der Waals surface area (Å²) in [5.74, 6) is -0.287. The molecular weight excluding hydrogens is 386 g/mol. The summed E-state index contributed by atoms with van der Waals surface area (Å²) >= 11 is 0. The first-order valence-electron chi connectivity index (χ1n) is 9.00. The first kappa shape index (κ1) is 19.0. The first-order chi connectivity index (χ1) is 14.4. The molecule has 1 aromatic heterocycles. The van der Waals surface area contributed by atoms with Crippen molar-refractivity contribution in [3.63, 3.8) is 0 Å². The van der Waals surface area contributed by atoms with Crippen LogP contribution in [-0.2, 0) is 0 Å². The van der Waals surface area contributed by atoms with Gasteiger partial charge in [0.2, 0.25) is 5.89 Å². The van der Waals surface area contributed by atoms with E-state index in [1.807, 2.05) is 0 Å². The van der Waals surface area contributed by atoms with Gasteiger partial charge < -0.3 is 9.73 Å². The minimum absolute atomic E-state index is 0.115. The quantitative estimate of drug-likeness (QED) is 0.402. The maximum absolute atomic E-state index is 12.5. The summed E-state index contributed by atoms with van der Waals surface area (Å²) in [7, 11) is 0. The van der Waals surface area contributed by atoms with Gasteiger partial charge >= 0.3 is 5.63 Å². The van der Waals surface area contributed by atoms with Crippen LogP contribution < -0.4 is 10.9 Å². The van der Waals surface area contributed by atoms with Gasteiger partial charge in [-0.15, -0.1) is 0 Å². The number of aromatic nitrogens is 1. The van der Waals surface area contributed by atoms with Gasteiger partial charge in [0, 0.05) is 28.4 Å². The van der Waals surface area contributed by atoms with Crippen LogP contribution in [-0.4, -0.2) is 15.8 Å². The summed E-state index contributed by atoms with van der Waals surface area (Å²) in [5, 5.41) is 14.2. The molecular formula is C22H15N3O5. The van der Waals surface area contributed by atoms with Gasteiger partial charge in [-0.3, -0.25) is 14.9 Å². The molecule has 0 spiro atoms. The van der Waals surface area contributed by atoms with Crippen molar-refractivity contribution in [2.24, 2.45) is 0 Å². The molecule has 148 valence electrons. The first-order valence-corrected chi connectivity index (χ1v) is 9.00.